The Hall–Kier alpha value is -0.770. The zero-order valence-corrected chi connectivity index (χ0v) is 11.0. The molecule has 94 valence electrons. The summed E-state index contributed by atoms with van der Waals surface area (Å²) in [5.74, 6) is 0.539. The average molecular weight is 228 g/mol. The lowest BCUT2D eigenvalue weighted by atomic mass is 10.00. The molecule has 0 aromatic rings. The lowest BCUT2D eigenvalue weighted by Gasteiger charge is -2.31. The van der Waals surface area contributed by atoms with Gasteiger partial charge in [-0.2, -0.15) is 0 Å². The first kappa shape index (κ1) is 13.3. The van der Waals surface area contributed by atoms with Gasteiger partial charge in [-0.05, 0) is 53.1 Å². The summed E-state index contributed by atoms with van der Waals surface area (Å²) in [5, 5.41) is 3.32. The normalized spacial score (nSPS) is 22.9. The highest BCUT2D eigenvalue weighted by Crippen LogP contribution is 2.19. The summed E-state index contributed by atoms with van der Waals surface area (Å²) in [4.78, 5) is 13.6. The van der Waals surface area contributed by atoms with Crippen molar-refractivity contribution in [1.29, 1.82) is 0 Å². The lowest BCUT2D eigenvalue weighted by Crippen LogP contribution is -2.43. The molecule has 2 unspecified atom stereocenters. The summed E-state index contributed by atoms with van der Waals surface area (Å²) in [6, 6.07) is 0.227. The van der Waals surface area contributed by atoms with Crippen LogP contribution in [0.1, 0.15) is 34.1 Å². The molecule has 0 aromatic heterocycles. The van der Waals surface area contributed by atoms with E-state index in [1.807, 2.05) is 27.8 Å². The average Bonchev–Trinajstić information content (AvgIpc) is 2.65. The van der Waals surface area contributed by atoms with Crippen LogP contribution in [-0.4, -0.2) is 42.8 Å². The van der Waals surface area contributed by atoms with Crippen molar-refractivity contribution in [2.24, 2.45) is 5.92 Å². The highest BCUT2D eigenvalue weighted by molar-refractivity contribution is 5.68. The van der Waals surface area contributed by atoms with Crippen molar-refractivity contribution in [3.8, 4) is 0 Å². The molecule has 0 aliphatic carbocycles. The largest absolute Gasteiger partial charge is 0.444 e. The molecule has 0 radical (unpaired) electrons. The second-order valence-electron chi connectivity index (χ2n) is 5.58. The molecule has 16 heavy (non-hydrogen) atoms. The molecule has 1 rings (SSSR count). The van der Waals surface area contributed by atoms with E-state index < -0.39 is 5.60 Å². The van der Waals surface area contributed by atoms with Crippen molar-refractivity contribution in [2.45, 2.75) is 45.8 Å². The number of amides is 1. The predicted octanol–water partition coefficient (Wildman–Crippen LogP) is 1.85. The fourth-order valence-corrected chi connectivity index (χ4v) is 1.91. The van der Waals surface area contributed by atoms with Gasteiger partial charge in [0.2, 0.25) is 0 Å². The van der Waals surface area contributed by atoms with Crippen LogP contribution >= 0.6 is 0 Å². The second-order valence-corrected chi connectivity index (χ2v) is 5.58. The van der Waals surface area contributed by atoms with Gasteiger partial charge in [-0.3, -0.25) is 0 Å². The predicted molar refractivity (Wildman–Crippen MR) is 64.4 cm³/mol. The van der Waals surface area contributed by atoms with Crippen LogP contribution in [0.5, 0.6) is 0 Å². The van der Waals surface area contributed by atoms with Crippen molar-refractivity contribution >= 4 is 6.09 Å². The molecule has 4 nitrogen and oxygen atoms in total. The number of carbonyl (C=O) groups is 1. The second kappa shape index (κ2) is 5.04. The number of hydrogen-bond donors (Lipinski definition) is 1. The van der Waals surface area contributed by atoms with Crippen LogP contribution in [0.25, 0.3) is 0 Å². The quantitative estimate of drug-likeness (QED) is 0.784. The Labute approximate surface area is 98.3 Å². The van der Waals surface area contributed by atoms with Crippen molar-refractivity contribution in [3.05, 3.63) is 0 Å². The van der Waals surface area contributed by atoms with E-state index in [4.69, 9.17) is 4.74 Å². The Balaban J connectivity index is 2.49. The first-order valence-corrected chi connectivity index (χ1v) is 5.98. The fourth-order valence-electron chi connectivity index (χ4n) is 1.91. The van der Waals surface area contributed by atoms with Gasteiger partial charge in [0.25, 0.3) is 0 Å². The SMILES string of the molecule is CC(C1CCNC1)N(C)C(=O)OC(C)(C)C. The van der Waals surface area contributed by atoms with Gasteiger partial charge in [0.05, 0.1) is 0 Å². The van der Waals surface area contributed by atoms with Gasteiger partial charge in [0, 0.05) is 13.1 Å². The third-order valence-electron chi connectivity index (χ3n) is 3.07. The topological polar surface area (TPSA) is 41.6 Å². The van der Waals surface area contributed by atoms with Gasteiger partial charge in [-0.1, -0.05) is 0 Å². The summed E-state index contributed by atoms with van der Waals surface area (Å²) < 4.78 is 5.35. The molecule has 0 aromatic carbocycles. The van der Waals surface area contributed by atoms with E-state index in [-0.39, 0.29) is 12.1 Å². The molecule has 2 atom stereocenters. The molecule has 0 saturated carbocycles. The maximum atomic E-state index is 11.8. The molecule has 1 fully saturated rings. The molecule has 0 spiro atoms. The molecule has 1 aliphatic heterocycles. The monoisotopic (exact) mass is 228 g/mol. The summed E-state index contributed by atoms with van der Waals surface area (Å²) in [6.45, 7) is 9.80. The molecular formula is C12H24N2O2. The van der Waals surface area contributed by atoms with Crippen LogP contribution in [0, 0.1) is 5.92 Å². The van der Waals surface area contributed by atoms with E-state index >= 15 is 0 Å². The van der Waals surface area contributed by atoms with Crippen LogP contribution in [0.4, 0.5) is 4.79 Å². The van der Waals surface area contributed by atoms with E-state index in [2.05, 4.69) is 12.2 Å². The van der Waals surface area contributed by atoms with Crippen molar-refractivity contribution < 1.29 is 9.53 Å². The number of nitrogens with one attached hydrogen (secondary N) is 1. The zero-order chi connectivity index (χ0) is 12.3. The van der Waals surface area contributed by atoms with Gasteiger partial charge in [-0.25, -0.2) is 4.79 Å². The van der Waals surface area contributed by atoms with Crippen molar-refractivity contribution in [2.75, 3.05) is 20.1 Å². The van der Waals surface area contributed by atoms with E-state index in [1.165, 1.54) is 0 Å². The minimum absolute atomic E-state index is 0.227. The first-order valence-electron chi connectivity index (χ1n) is 5.98. The number of nitrogens with zero attached hydrogens (tertiary/aromatic N) is 1. The van der Waals surface area contributed by atoms with Crippen LogP contribution in [0.3, 0.4) is 0 Å². The minimum Gasteiger partial charge on any atom is -0.444 e. The summed E-state index contributed by atoms with van der Waals surface area (Å²) in [7, 11) is 1.82. The number of rotatable bonds is 2. The van der Waals surface area contributed by atoms with E-state index in [0.29, 0.717) is 5.92 Å². The van der Waals surface area contributed by atoms with Crippen LogP contribution < -0.4 is 5.32 Å². The summed E-state index contributed by atoms with van der Waals surface area (Å²) >= 11 is 0. The molecular weight excluding hydrogens is 204 g/mol. The zero-order valence-electron chi connectivity index (χ0n) is 11.0. The maximum absolute atomic E-state index is 11.8. The van der Waals surface area contributed by atoms with Crippen LogP contribution in [0.15, 0.2) is 0 Å². The third kappa shape index (κ3) is 3.67. The standard InChI is InChI=1S/C12H24N2O2/c1-9(10-6-7-13-8-10)14(5)11(15)16-12(2,3)4/h9-10,13H,6-8H2,1-5H3. The van der Waals surface area contributed by atoms with Gasteiger partial charge in [-0.15, -0.1) is 0 Å². The summed E-state index contributed by atoms with van der Waals surface area (Å²) in [6.07, 6.45) is 0.904. The van der Waals surface area contributed by atoms with Crippen molar-refractivity contribution in [1.82, 2.24) is 10.2 Å². The molecule has 1 saturated heterocycles. The van der Waals surface area contributed by atoms with Crippen LogP contribution in [-0.2, 0) is 4.74 Å². The Morgan fingerprint density at radius 1 is 1.50 bits per heavy atom. The van der Waals surface area contributed by atoms with E-state index in [9.17, 15) is 4.79 Å². The third-order valence-corrected chi connectivity index (χ3v) is 3.07. The number of ether oxygens (including phenoxy) is 1. The van der Waals surface area contributed by atoms with E-state index in [0.717, 1.165) is 19.5 Å². The minimum atomic E-state index is -0.418. The van der Waals surface area contributed by atoms with Crippen molar-refractivity contribution in [3.63, 3.8) is 0 Å². The highest BCUT2D eigenvalue weighted by atomic mass is 16.6. The smallest absolute Gasteiger partial charge is 0.410 e. The van der Waals surface area contributed by atoms with Gasteiger partial charge >= 0.3 is 6.09 Å². The van der Waals surface area contributed by atoms with Gasteiger partial charge in [0.1, 0.15) is 5.60 Å². The number of carbonyl (C=O) groups excluding carboxylic acids is 1. The molecule has 1 heterocycles. The molecule has 4 heteroatoms. The summed E-state index contributed by atoms with van der Waals surface area (Å²) in [5.41, 5.74) is -0.418. The lowest BCUT2D eigenvalue weighted by molar-refractivity contribution is 0.0192. The van der Waals surface area contributed by atoms with E-state index in [1.54, 1.807) is 4.90 Å². The van der Waals surface area contributed by atoms with Gasteiger partial charge in [0.15, 0.2) is 0 Å². The fraction of sp³-hybridized carbons (Fsp3) is 0.917. The van der Waals surface area contributed by atoms with Gasteiger partial charge < -0.3 is 15.0 Å². The van der Waals surface area contributed by atoms with Crippen LogP contribution in [0.2, 0.25) is 0 Å². The Kier molecular flexibility index (Phi) is 4.19. The Morgan fingerprint density at radius 2 is 2.12 bits per heavy atom. The Bertz CT molecular complexity index is 242. The number of hydrogen-bond acceptors (Lipinski definition) is 3. The molecule has 0 bridgehead atoms. The highest BCUT2D eigenvalue weighted by Gasteiger charge is 2.29. The maximum Gasteiger partial charge on any atom is 0.410 e. The Morgan fingerprint density at radius 3 is 2.56 bits per heavy atom. The first-order chi connectivity index (χ1) is 7.31. The molecule has 1 aliphatic rings. The molecule has 1 amide bonds. The molecule has 1 N–H and O–H groups in total.